The van der Waals surface area contributed by atoms with E-state index in [1.165, 1.54) is 30.5 Å². The summed E-state index contributed by atoms with van der Waals surface area (Å²) in [6.45, 7) is 6.00. The van der Waals surface area contributed by atoms with Crippen molar-refractivity contribution in [3.8, 4) is 0 Å². The Balaban J connectivity index is 2.00. The molecule has 1 aliphatic heterocycles. The highest BCUT2D eigenvalue weighted by molar-refractivity contribution is 5.48. The molecule has 0 amide bonds. The topological polar surface area (TPSA) is 47.0 Å². The van der Waals surface area contributed by atoms with Gasteiger partial charge in [-0.25, -0.2) is 9.97 Å². The van der Waals surface area contributed by atoms with E-state index < -0.39 is 0 Å². The Hall–Kier alpha value is -1.16. The summed E-state index contributed by atoms with van der Waals surface area (Å²) in [6.07, 6.45) is 8.06. The van der Waals surface area contributed by atoms with E-state index in [9.17, 15) is 0 Å². The molecule has 1 unspecified atom stereocenters. The van der Waals surface area contributed by atoms with Crippen LogP contribution < -0.4 is 5.32 Å². The first-order valence-corrected chi connectivity index (χ1v) is 8.01. The average Bonchev–Trinajstić information content (AvgIpc) is 2.48. The van der Waals surface area contributed by atoms with Crippen molar-refractivity contribution < 1.29 is 4.74 Å². The van der Waals surface area contributed by atoms with E-state index in [1.54, 1.807) is 0 Å². The Labute approximate surface area is 121 Å². The van der Waals surface area contributed by atoms with Crippen molar-refractivity contribution in [3.05, 3.63) is 17.1 Å². The molecule has 1 aromatic rings. The van der Waals surface area contributed by atoms with Gasteiger partial charge in [-0.2, -0.15) is 0 Å². The molecule has 20 heavy (non-hydrogen) atoms. The fourth-order valence-electron chi connectivity index (χ4n) is 3.25. The Kier molecular flexibility index (Phi) is 3.92. The molecule has 0 bridgehead atoms. The largest absolute Gasteiger partial charge is 0.370 e. The number of rotatable bonds is 3. The fraction of sp³-hybridized carbons (Fsp3) is 0.750. The minimum absolute atomic E-state index is 0.297. The van der Waals surface area contributed by atoms with Crippen molar-refractivity contribution in [3.63, 3.8) is 0 Å². The number of hydrogen-bond donors (Lipinski definition) is 1. The summed E-state index contributed by atoms with van der Waals surface area (Å²) in [7, 11) is 0. The van der Waals surface area contributed by atoms with Crippen LogP contribution in [0.4, 0.5) is 5.82 Å². The highest BCUT2D eigenvalue weighted by atomic mass is 16.5. The summed E-state index contributed by atoms with van der Waals surface area (Å²) in [5.74, 6) is 1.93. The van der Waals surface area contributed by atoms with Gasteiger partial charge < -0.3 is 10.1 Å². The van der Waals surface area contributed by atoms with Gasteiger partial charge >= 0.3 is 0 Å². The number of aromatic nitrogens is 2. The van der Waals surface area contributed by atoms with Crippen LogP contribution in [0, 0.1) is 0 Å². The second-order valence-electron chi connectivity index (χ2n) is 6.09. The minimum Gasteiger partial charge on any atom is -0.370 e. The summed E-state index contributed by atoms with van der Waals surface area (Å²) in [6, 6.07) is 0. The molecule has 1 aliphatic carbocycles. The van der Waals surface area contributed by atoms with Crippen molar-refractivity contribution in [1.82, 2.24) is 9.97 Å². The molecular weight excluding hydrogens is 250 g/mol. The van der Waals surface area contributed by atoms with Crippen molar-refractivity contribution in [2.45, 2.75) is 64.4 Å². The lowest BCUT2D eigenvalue weighted by atomic mass is 9.92. The van der Waals surface area contributed by atoms with E-state index in [4.69, 9.17) is 14.7 Å². The molecule has 4 heteroatoms. The molecule has 0 saturated carbocycles. The third-order valence-corrected chi connectivity index (χ3v) is 4.47. The molecule has 1 saturated heterocycles. The number of anilines is 1. The van der Waals surface area contributed by atoms with Crippen LogP contribution in [0.15, 0.2) is 0 Å². The third kappa shape index (κ3) is 2.53. The molecule has 1 N–H and O–H groups in total. The molecule has 2 aliphatic rings. The molecule has 4 nitrogen and oxygen atoms in total. The monoisotopic (exact) mass is 275 g/mol. The van der Waals surface area contributed by atoms with Gasteiger partial charge in [-0.3, -0.25) is 0 Å². The normalized spacial score (nSPS) is 26.1. The molecule has 0 spiro atoms. The fourth-order valence-corrected chi connectivity index (χ4v) is 3.25. The summed E-state index contributed by atoms with van der Waals surface area (Å²) in [5.41, 5.74) is 2.28. The lowest BCUT2D eigenvalue weighted by Gasteiger charge is -2.33. The van der Waals surface area contributed by atoms with Gasteiger partial charge in [-0.05, 0) is 58.8 Å². The van der Waals surface area contributed by atoms with E-state index in [1.807, 2.05) is 0 Å². The summed E-state index contributed by atoms with van der Waals surface area (Å²) < 4.78 is 6.02. The average molecular weight is 275 g/mol. The van der Waals surface area contributed by atoms with E-state index in [0.29, 0.717) is 0 Å². The van der Waals surface area contributed by atoms with Crippen LogP contribution in [0.1, 0.15) is 63.0 Å². The summed E-state index contributed by atoms with van der Waals surface area (Å²) in [5, 5.41) is 3.43. The quantitative estimate of drug-likeness (QED) is 0.920. The molecule has 0 radical (unpaired) electrons. The minimum atomic E-state index is -0.297. The van der Waals surface area contributed by atoms with Crippen LogP contribution in [0.2, 0.25) is 0 Å². The Bertz CT molecular complexity index is 481. The Morgan fingerprint density at radius 3 is 2.75 bits per heavy atom. The second kappa shape index (κ2) is 5.68. The van der Waals surface area contributed by atoms with Crippen LogP contribution >= 0.6 is 0 Å². The third-order valence-electron chi connectivity index (χ3n) is 4.47. The summed E-state index contributed by atoms with van der Waals surface area (Å²) >= 11 is 0. The zero-order chi connectivity index (χ0) is 14.0. The number of nitrogens with one attached hydrogen (secondary N) is 1. The first kappa shape index (κ1) is 13.8. The zero-order valence-corrected chi connectivity index (χ0v) is 12.7. The highest BCUT2D eigenvalue weighted by Crippen LogP contribution is 2.35. The lowest BCUT2D eigenvalue weighted by Crippen LogP contribution is -2.33. The smallest absolute Gasteiger partial charge is 0.162 e. The van der Waals surface area contributed by atoms with Crippen LogP contribution in [-0.4, -0.2) is 23.1 Å². The van der Waals surface area contributed by atoms with E-state index >= 15 is 0 Å². The van der Waals surface area contributed by atoms with Gasteiger partial charge in [0.2, 0.25) is 0 Å². The predicted molar refractivity (Wildman–Crippen MR) is 80.0 cm³/mol. The highest BCUT2D eigenvalue weighted by Gasteiger charge is 2.34. The van der Waals surface area contributed by atoms with Crippen molar-refractivity contribution in [1.29, 1.82) is 0 Å². The van der Waals surface area contributed by atoms with Gasteiger partial charge in [0, 0.05) is 24.4 Å². The van der Waals surface area contributed by atoms with Gasteiger partial charge in [0.1, 0.15) is 11.4 Å². The van der Waals surface area contributed by atoms with Gasteiger partial charge in [0.15, 0.2) is 5.82 Å². The van der Waals surface area contributed by atoms with Gasteiger partial charge in [-0.15, -0.1) is 0 Å². The standard InChI is InChI=1S/C16H25N3O/c1-3-17-14-12-8-4-5-9-13(12)18-15(19-14)16(2)10-6-7-11-20-16/h3-11H2,1-2H3,(H,17,18,19). The molecule has 3 rings (SSSR count). The Morgan fingerprint density at radius 1 is 1.15 bits per heavy atom. The van der Waals surface area contributed by atoms with Crippen LogP contribution in [0.25, 0.3) is 0 Å². The van der Waals surface area contributed by atoms with Gasteiger partial charge in [0.05, 0.1) is 0 Å². The van der Waals surface area contributed by atoms with Crippen LogP contribution in [0.3, 0.4) is 0 Å². The first-order valence-electron chi connectivity index (χ1n) is 8.01. The molecule has 1 aromatic heterocycles. The van der Waals surface area contributed by atoms with Crippen molar-refractivity contribution in [2.24, 2.45) is 0 Å². The molecule has 0 aromatic carbocycles. The maximum atomic E-state index is 6.02. The zero-order valence-electron chi connectivity index (χ0n) is 12.7. The maximum absolute atomic E-state index is 6.02. The van der Waals surface area contributed by atoms with Crippen LogP contribution in [-0.2, 0) is 23.2 Å². The van der Waals surface area contributed by atoms with Gasteiger partial charge in [-0.1, -0.05) is 0 Å². The molecule has 2 heterocycles. The molecule has 1 atom stereocenters. The SMILES string of the molecule is CCNc1nc(C2(C)CCCCO2)nc2c1CCCC2. The number of aryl methyl sites for hydroxylation is 1. The Morgan fingerprint density at radius 2 is 2.00 bits per heavy atom. The maximum Gasteiger partial charge on any atom is 0.162 e. The number of ether oxygens (including phenoxy) is 1. The molecular formula is C16H25N3O. The first-order chi connectivity index (χ1) is 9.73. The number of nitrogens with zero attached hydrogens (tertiary/aromatic N) is 2. The number of fused-ring (bicyclic) bond motifs is 1. The number of hydrogen-bond acceptors (Lipinski definition) is 4. The van der Waals surface area contributed by atoms with Crippen molar-refractivity contribution in [2.75, 3.05) is 18.5 Å². The second-order valence-corrected chi connectivity index (χ2v) is 6.09. The van der Waals surface area contributed by atoms with Crippen LogP contribution in [0.5, 0.6) is 0 Å². The van der Waals surface area contributed by atoms with E-state index in [-0.39, 0.29) is 5.60 Å². The lowest BCUT2D eigenvalue weighted by molar-refractivity contribution is -0.0761. The summed E-state index contributed by atoms with van der Waals surface area (Å²) in [4.78, 5) is 9.70. The molecule has 110 valence electrons. The van der Waals surface area contributed by atoms with Crippen molar-refractivity contribution >= 4 is 5.82 Å². The molecule has 1 fully saturated rings. The van der Waals surface area contributed by atoms with E-state index in [2.05, 4.69) is 19.2 Å². The van der Waals surface area contributed by atoms with E-state index in [0.717, 1.165) is 50.5 Å². The van der Waals surface area contributed by atoms with Gasteiger partial charge in [0.25, 0.3) is 0 Å². The predicted octanol–water partition coefficient (Wildman–Crippen LogP) is 3.20.